The van der Waals surface area contributed by atoms with E-state index in [1.807, 2.05) is 0 Å². The minimum Gasteiger partial charge on any atom is -0.495 e. The molecule has 0 amide bonds. The van der Waals surface area contributed by atoms with E-state index in [9.17, 15) is 0 Å². The van der Waals surface area contributed by atoms with Crippen LogP contribution in [0.15, 0.2) is 6.07 Å². The number of benzene rings is 1. The van der Waals surface area contributed by atoms with Crippen molar-refractivity contribution in [1.29, 1.82) is 0 Å². The standard InChI is InChI=1S/C13H16NO3/c1-3-14-5-4-9-6-12-11(8-16-17-12)13(15-2)10(9)7-14/h6-7H,3-5,8H2,1-2H3/q+1. The summed E-state index contributed by atoms with van der Waals surface area (Å²) in [5.74, 6) is 1.70. The van der Waals surface area contributed by atoms with E-state index >= 15 is 0 Å². The van der Waals surface area contributed by atoms with Gasteiger partial charge in [0.25, 0.3) is 0 Å². The average Bonchev–Trinajstić information content (AvgIpc) is 2.82. The first-order chi connectivity index (χ1) is 8.33. The van der Waals surface area contributed by atoms with E-state index in [0.717, 1.165) is 36.6 Å². The van der Waals surface area contributed by atoms with E-state index in [2.05, 4.69) is 23.8 Å². The molecule has 90 valence electrons. The average molecular weight is 234 g/mol. The van der Waals surface area contributed by atoms with Crippen LogP contribution in [0.5, 0.6) is 11.5 Å². The highest BCUT2D eigenvalue weighted by Crippen LogP contribution is 2.39. The Bertz CT molecular complexity index is 494. The number of fused-ring (bicyclic) bond motifs is 2. The molecule has 0 radical (unpaired) electrons. The lowest BCUT2D eigenvalue weighted by molar-refractivity contribution is -0.520. The van der Waals surface area contributed by atoms with Crippen LogP contribution in [0.3, 0.4) is 0 Å². The van der Waals surface area contributed by atoms with Crippen LogP contribution in [0.2, 0.25) is 0 Å². The van der Waals surface area contributed by atoms with Crippen LogP contribution in [0.1, 0.15) is 23.6 Å². The van der Waals surface area contributed by atoms with Gasteiger partial charge in [0.05, 0.1) is 18.2 Å². The Morgan fingerprint density at radius 2 is 2.35 bits per heavy atom. The third-order valence-electron chi connectivity index (χ3n) is 3.41. The normalized spacial score (nSPS) is 16.9. The molecule has 0 unspecified atom stereocenters. The Balaban J connectivity index is 2.19. The molecule has 3 rings (SSSR count). The third kappa shape index (κ3) is 1.60. The molecule has 17 heavy (non-hydrogen) atoms. The summed E-state index contributed by atoms with van der Waals surface area (Å²) in [6.07, 6.45) is 3.20. The van der Waals surface area contributed by atoms with Gasteiger partial charge in [0.15, 0.2) is 12.0 Å². The quantitative estimate of drug-likeness (QED) is 0.574. The predicted molar refractivity (Wildman–Crippen MR) is 62.9 cm³/mol. The van der Waals surface area contributed by atoms with Gasteiger partial charge in [-0.25, -0.2) is 4.58 Å². The second-order valence-corrected chi connectivity index (χ2v) is 4.31. The Labute approximate surface area is 100 Å². The van der Waals surface area contributed by atoms with Gasteiger partial charge in [-0.15, -0.1) is 0 Å². The molecule has 0 spiro atoms. The van der Waals surface area contributed by atoms with Gasteiger partial charge >= 0.3 is 0 Å². The summed E-state index contributed by atoms with van der Waals surface area (Å²) in [5, 5.41) is 0. The molecule has 0 atom stereocenters. The molecule has 4 nitrogen and oxygen atoms in total. The van der Waals surface area contributed by atoms with Gasteiger partial charge in [0.1, 0.15) is 25.4 Å². The molecule has 0 fully saturated rings. The van der Waals surface area contributed by atoms with Crippen molar-refractivity contribution in [3.8, 4) is 11.5 Å². The molecule has 2 aliphatic heterocycles. The van der Waals surface area contributed by atoms with Crippen molar-refractivity contribution in [2.24, 2.45) is 0 Å². The molecule has 0 aromatic heterocycles. The summed E-state index contributed by atoms with van der Waals surface area (Å²) < 4.78 is 7.83. The molecule has 0 saturated carbocycles. The Kier molecular flexibility index (Phi) is 2.52. The maximum absolute atomic E-state index is 5.53. The van der Waals surface area contributed by atoms with E-state index in [0.29, 0.717) is 6.61 Å². The molecule has 1 aromatic carbocycles. The minimum absolute atomic E-state index is 0.464. The van der Waals surface area contributed by atoms with Crippen molar-refractivity contribution in [1.82, 2.24) is 0 Å². The highest BCUT2D eigenvalue weighted by molar-refractivity contribution is 5.85. The number of methoxy groups -OCH3 is 1. The summed E-state index contributed by atoms with van der Waals surface area (Å²) in [5.41, 5.74) is 3.46. The number of nitrogens with zero attached hydrogens (tertiary/aromatic N) is 1. The summed E-state index contributed by atoms with van der Waals surface area (Å²) in [7, 11) is 1.70. The molecule has 2 heterocycles. The van der Waals surface area contributed by atoms with Gasteiger partial charge < -0.3 is 9.62 Å². The second kappa shape index (κ2) is 4.04. The number of likely N-dealkylation sites (N-methyl/N-ethyl adjacent to an activating group) is 1. The lowest BCUT2D eigenvalue weighted by Gasteiger charge is -2.16. The minimum atomic E-state index is 0.464. The zero-order valence-electron chi connectivity index (χ0n) is 10.2. The van der Waals surface area contributed by atoms with Crippen LogP contribution in [0.25, 0.3) is 0 Å². The van der Waals surface area contributed by atoms with E-state index in [1.54, 1.807) is 7.11 Å². The topological polar surface area (TPSA) is 30.7 Å². The van der Waals surface area contributed by atoms with Crippen molar-refractivity contribution < 1.29 is 19.1 Å². The Morgan fingerprint density at radius 3 is 3.12 bits per heavy atom. The number of ether oxygens (including phenoxy) is 1. The van der Waals surface area contributed by atoms with Crippen molar-refractivity contribution >= 4 is 6.21 Å². The van der Waals surface area contributed by atoms with Crippen molar-refractivity contribution in [3.63, 3.8) is 0 Å². The second-order valence-electron chi connectivity index (χ2n) is 4.31. The van der Waals surface area contributed by atoms with Gasteiger partial charge in [0, 0.05) is 6.42 Å². The van der Waals surface area contributed by atoms with Crippen molar-refractivity contribution in [2.45, 2.75) is 20.0 Å². The fraction of sp³-hybridized carbons (Fsp3) is 0.462. The lowest BCUT2D eigenvalue weighted by atomic mass is 9.97. The predicted octanol–water partition coefficient (Wildman–Crippen LogP) is 1.53. The van der Waals surface area contributed by atoms with Gasteiger partial charge in [-0.2, -0.15) is 4.89 Å². The summed E-state index contributed by atoms with van der Waals surface area (Å²) >= 11 is 0. The first-order valence-electron chi connectivity index (χ1n) is 5.94. The molecule has 0 saturated heterocycles. The first-order valence-corrected chi connectivity index (χ1v) is 5.94. The number of hydrogen-bond acceptors (Lipinski definition) is 3. The highest BCUT2D eigenvalue weighted by Gasteiger charge is 2.28. The molecule has 1 aromatic rings. The summed E-state index contributed by atoms with van der Waals surface area (Å²) in [6.45, 7) is 4.69. The maximum Gasteiger partial charge on any atom is 0.175 e. The van der Waals surface area contributed by atoms with Crippen LogP contribution < -0.4 is 9.62 Å². The summed E-state index contributed by atoms with van der Waals surface area (Å²) in [6, 6.07) is 2.07. The van der Waals surface area contributed by atoms with Gasteiger partial charge in [-0.05, 0) is 18.6 Å². The summed E-state index contributed by atoms with van der Waals surface area (Å²) in [4.78, 5) is 10.2. The molecule has 0 bridgehead atoms. The third-order valence-corrected chi connectivity index (χ3v) is 3.41. The zero-order chi connectivity index (χ0) is 11.8. The van der Waals surface area contributed by atoms with E-state index < -0.39 is 0 Å². The van der Waals surface area contributed by atoms with Crippen molar-refractivity contribution in [2.75, 3.05) is 20.2 Å². The van der Waals surface area contributed by atoms with Gasteiger partial charge in [-0.3, -0.25) is 0 Å². The molecular formula is C13H16NO3+. The molecule has 4 heteroatoms. The highest BCUT2D eigenvalue weighted by atomic mass is 17.2. The largest absolute Gasteiger partial charge is 0.495 e. The fourth-order valence-corrected chi connectivity index (χ4v) is 2.45. The lowest BCUT2D eigenvalue weighted by Crippen LogP contribution is -2.23. The number of rotatable bonds is 2. The Morgan fingerprint density at radius 1 is 1.47 bits per heavy atom. The smallest absolute Gasteiger partial charge is 0.175 e. The molecule has 0 aliphatic carbocycles. The van der Waals surface area contributed by atoms with E-state index in [-0.39, 0.29) is 0 Å². The van der Waals surface area contributed by atoms with Crippen LogP contribution in [0, 0.1) is 0 Å². The van der Waals surface area contributed by atoms with E-state index in [1.165, 1.54) is 11.1 Å². The maximum atomic E-state index is 5.53. The fourth-order valence-electron chi connectivity index (χ4n) is 2.45. The van der Waals surface area contributed by atoms with Crippen LogP contribution in [-0.2, 0) is 17.9 Å². The molecular weight excluding hydrogens is 218 g/mol. The van der Waals surface area contributed by atoms with Crippen LogP contribution in [-0.4, -0.2) is 31.0 Å². The van der Waals surface area contributed by atoms with E-state index in [4.69, 9.17) is 14.5 Å². The van der Waals surface area contributed by atoms with Crippen LogP contribution >= 0.6 is 0 Å². The Hall–Kier alpha value is -1.55. The van der Waals surface area contributed by atoms with Crippen LogP contribution in [0.4, 0.5) is 0 Å². The van der Waals surface area contributed by atoms with Gasteiger partial charge in [0.2, 0.25) is 0 Å². The van der Waals surface area contributed by atoms with Gasteiger partial charge in [-0.1, -0.05) is 0 Å². The molecule has 2 aliphatic rings. The monoisotopic (exact) mass is 234 g/mol. The zero-order valence-corrected chi connectivity index (χ0v) is 10.2. The molecule has 0 N–H and O–H groups in total. The first kappa shape index (κ1) is 10.6. The number of hydrogen-bond donors (Lipinski definition) is 0. The SMILES string of the molecule is CC[N+]1=Cc2c(cc3c(c2OC)COO3)CC1. The van der Waals surface area contributed by atoms with Crippen molar-refractivity contribution in [3.05, 3.63) is 22.8 Å².